The van der Waals surface area contributed by atoms with Gasteiger partial charge in [0.1, 0.15) is 6.17 Å². The molecule has 5 heteroatoms. The number of hydrogen-bond donors (Lipinski definition) is 1. The molecular formula is C48H37N5. The van der Waals surface area contributed by atoms with E-state index < -0.39 is 0 Å². The van der Waals surface area contributed by atoms with Crippen molar-refractivity contribution in [1.82, 2.24) is 9.88 Å². The second-order valence-corrected chi connectivity index (χ2v) is 15.3. The number of hydrogen-bond acceptors (Lipinski definition) is 4. The van der Waals surface area contributed by atoms with Crippen molar-refractivity contribution in [1.29, 1.82) is 0 Å². The van der Waals surface area contributed by atoms with Gasteiger partial charge >= 0.3 is 0 Å². The van der Waals surface area contributed by atoms with Crippen LogP contribution in [0.3, 0.4) is 0 Å². The van der Waals surface area contributed by atoms with Crippen molar-refractivity contribution in [2.45, 2.75) is 45.4 Å². The molecule has 1 N–H and O–H groups in total. The number of aryl methyl sites for hydroxylation is 2. The number of benzene rings is 5. The van der Waals surface area contributed by atoms with Gasteiger partial charge in [-0.25, -0.2) is 0 Å². The molecule has 0 spiro atoms. The summed E-state index contributed by atoms with van der Waals surface area (Å²) in [5.74, 6) is 0. The number of fused-ring (bicyclic) bond motifs is 16. The first-order valence-electron chi connectivity index (χ1n) is 18.9. The topological polar surface area (TPSA) is 35.8 Å². The average Bonchev–Trinajstić information content (AvgIpc) is 3.90. The molecule has 6 heterocycles. The lowest BCUT2D eigenvalue weighted by Gasteiger charge is -2.31. The van der Waals surface area contributed by atoms with Crippen LogP contribution in [-0.2, 0) is 6.54 Å². The fourth-order valence-corrected chi connectivity index (χ4v) is 9.95. The third kappa shape index (κ3) is 3.99. The minimum Gasteiger partial charge on any atom is -0.367 e. The Morgan fingerprint density at radius 3 is 2.38 bits per heavy atom. The molecule has 1 aliphatic carbocycles. The highest BCUT2D eigenvalue weighted by Gasteiger charge is 2.40. The minimum atomic E-state index is 0.0667. The normalized spacial score (nSPS) is 19.5. The van der Waals surface area contributed by atoms with Crippen LogP contribution in [-0.4, -0.2) is 23.0 Å². The van der Waals surface area contributed by atoms with E-state index >= 15 is 0 Å². The van der Waals surface area contributed by atoms with E-state index in [2.05, 4.69) is 167 Å². The number of nitrogens with zero attached hydrogens (tertiary/aromatic N) is 4. The molecule has 0 fully saturated rings. The number of dihydropyridines is 1. The van der Waals surface area contributed by atoms with Gasteiger partial charge in [0, 0.05) is 62.2 Å². The summed E-state index contributed by atoms with van der Waals surface area (Å²) in [6.45, 7) is 5.04. The van der Waals surface area contributed by atoms with Gasteiger partial charge in [-0.1, -0.05) is 65.8 Å². The number of allylic oxidation sites excluding steroid dienone is 5. The van der Waals surface area contributed by atoms with E-state index in [1.165, 1.54) is 106 Å². The molecule has 2 bridgehead atoms. The Morgan fingerprint density at radius 2 is 1.45 bits per heavy atom. The second kappa shape index (κ2) is 10.6. The molecule has 12 rings (SSSR count). The highest BCUT2D eigenvalue weighted by Crippen LogP contribution is 2.55. The van der Waals surface area contributed by atoms with Crippen LogP contribution in [0.25, 0.3) is 44.4 Å². The number of aromatic nitrogens is 1. The molecule has 6 aromatic rings. The van der Waals surface area contributed by atoms with Crippen LogP contribution in [0, 0.1) is 13.8 Å². The van der Waals surface area contributed by atoms with E-state index in [4.69, 9.17) is 4.99 Å². The lowest BCUT2D eigenvalue weighted by Crippen LogP contribution is -2.38. The monoisotopic (exact) mass is 683 g/mol. The number of nitrogens with one attached hydrogen (secondary N) is 1. The summed E-state index contributed by atoms with van der Waals surface area (Å²) in [4.78, 5) is 9.90. The van der Waals surface area contributed by atoms with Crippen LogP contribution < -0.4 is 15.1 Å². The molecule has 1 aromatic heterocycles. The smallest absolute Gasteiger partial charge is 0.130 e. The van der Waals surface area contributed by atoms with Gasteiger partial charge in [0.05, 0.1) is 29.5 Å². The zero-order valence-electron chi connectivity index (χ0n) is 29.8. The maximum atomic E-state index is 4.76. The molecule has 0 radical (unpaired) electrons. The lowest BCUT2D eigenvalue weighted by molar-refractivity contribution is 0.737. The van der Waals surface area contributed by atoms with E-state index in [0.29, 0.717) is 6.54 Å². The van der Waals surface area contributed by atoms with Crippen LogP contribution in [0.15, 0.2) is 133 Å². The Hall–Kier alpha value is -6.33. The van der Waals surface area contributed by atoms with E-state index in [1.54, 1.807) is 0 Å². The summed E-state index contributed by atoms with van der Waals surface area (Å²) in [5.41, 5.74) is 23.2. The molecule has 0 saturated carbocycles. The van der Waals surface area contributed by atoms with Crippen LogP contribution >= 0.6 is 0 Å². The second-order valence-electron chi connectivity index (χ2n) is 15.3. The summed E-state index contributed by atoms with van der Waals surface area (Å²) >= 11 is 0. The Labute approximate surface area is 309 Å². The number of anilines is 4. The molecule has 2 atom stereocenters. The van der Waals surface area contributed by atoms with Crippen molar-refractivity contribution < 1.29 is 0 Å². The van der Waals surface area contributed by atoms with Crippen molar-refractivity contribution in [2.75, 3.05) is 9.80 Å². The molecule has 5 aromatic carbocycles. The Kier molecular flexibility index (Phi) is 5.86. The van der Waals surface area contributed by atoms with Crippen LogP contribution in [0.5, 0.6) is 0 Å². The van der Waals surface area contributed by atoms with Crippen molar-refractivity contribution >= 4 is 56.6 Å². The maximum Gasteiger partial charge on any atom is 0.130 e. The highest BCUT2D eigenvalue weighted by molar-refractivity contribution is 6.09. The van der Waals surface area contributed by atoms with Crippen molar-refractivity contribution in [2.24, 2.45) is 4.99 Å². The highest BCUT2D eigenvalue weighted by atomic mass is 15.3. The minimum absolute atomic E-state index is 0.0667. The molecule has 0 amide bonds. The van der Waals surface area contributed by atoms with Crippen LogP contribution in [0.1, 0.15) is 51.9 Å². The molecule has 5 aliphatic heterocycles. The first-order chi connectivity index (χ1) is 26.1. The first kappa shape index (κ1) is 29.3. The third-order valence-corrected chi connectivity index (χ3v) is 12.4. The summed E-state index contributed by atoms with van der Waals surface area (Å²) in [5, 5.41) is 4.94. The van der Waals surface area contributed by atoms with E-state index in [0.717, 1.165) is 12.8 Å². The Balaban J connectivity index is 1.07. The summed E-state index contributed by atoms with van der Waals surface area (Å²) in [6, 6.07) is 37.2. The van der Waals surface area contributed by atoms with Gasteiger partial charge in [0.2, 0.25) is 0 Å². The zero-order valence-corrected chi connectivity index (χ0v) is 29.8. The number of rotatable bonds is 2. The lowest BCUT2D eigenvalue weighted by atomic mass is 9.90. The van der Waals surface area contributed by atoms with Crippen molar-refractivity contribution in [3.63, 3.8) is 0 Å². The molecule has 0 saturated heterocycles. The molecule has 6 aliphatic rings. The zero-order chi connectivity index (χ0) is 34.9. The van der Waals surface area contributed by atoms with Gasteiger partial charge in [0.15, 0.2) is 0 Å². The van der Waals surface area contributed by atoms with Gasteiger partial charge in [-0.2, -0.15) is 0 Å². The number of para-hydroxylation sites is 1. The first-order valence-corrected chi connectivity index (χ1v) is 18.9. The standard InChI is InChI=1S/C48H37N5/c1-28-9-14-31(15-10-28)51-46-25-36-30-12-17-34-39-23-32(52-44-18-11-29(2)22-38(44)35-7-5-21-50-48(35)52)16-20-45(39)53(43(34)19-13-30)42-8-4-3-6-33(42)37(36)24-40(46)41-26-49-27-47(41)51/h3-12,14-18,20-26,43,48,50H,13,19,27H2,1-2H3. The number of aliphatic imine (C=N–C) groups is 1. The van der Waals surface area contributed by atoms with Gasteiger partial charge in [-0.05, 0) is 122 Å². The van der Waals surface area contributed by atoms with Crippen LogP contribution in [0.4, 0.5) is 22.7 Å². The van der Waals surface area contributed by atoms with Gasteiger partial charge in [0.25, 0.3) is 0 Å². The van der Waals surface area contributed by atoms with E-state index in [1.807, 2.05) is 0 Å². The van der Waals surface area contributed by atoms with Crippen molar-refractivity contribution in [3.8, 4) is 16.8 Å². The fourth-order valence-electron chi connectivity index (χ4n) is 9.95. The third-order valence-electron chi connectivity index (χ3n) is 12.4. The molecular weight excluding hydrogens is 647 g/mol. The average molecular weight is 684 g/mol. The predicted molar refractivity (Wildman–Crippen MR) is 220 cm³/mol. The predicted octanol–water partition coefficient (Wildman–Crippen LogP) is 10.9. The summed E-state index contributed by atoms with van der Waals surface area (Å²) < 4.78 is 2.45. The van der Waals surface area contributed by atoms with E-state index in [-0.39, 0.29) is 12.2 Å². The Morgan fingerprint density at radius 1 is 0.660 bits per heavy atom. The molecule has 254 valence electrons. The largest absolute Gasteiger partial charge is 0.367 e. The Bertz CT molecular complexity index is 2770. The van der Waals surface area contributed by atoms with Gasteiger partial charge < -0.3 is 19.7 Å². The summed E-state index contributed by atoms with van der Waals surface area (Å²) in [6.07, 6.45) is 15.5. The summed E-state index contributed by atoms with van der Waals surface area (Å²) in [7, 11) is 0. The van der Waals surface area contributed by atoms with E-state index in [9.17, 15) is 0 Å². The molecule has 53 heavy (non-hydrogen) atoms. The molecule has 5 nitrogen and oxygen atoms in total. The fraction of sp³-hybridized carbons (Fsp3) is 0.146. The molecule has 2 unspecified atom stereocenters. The quantitative estimate of drug-likeness (QED) is 0.197. The SMILES string of the molecule is Cc1ccc(-n2c3c(c4cc5c(cc42)C2=CC=C4c6cc(N7c8ccc(C)cc8C8=CC=CNC87)ccc6N(c6ccccc6-5)C4CC2)C=NC3)cc1. The van der Waals surface area contributed by atoms with Crippen LogP contribution in [0.2, 0.25) is 0 Å². The van der Waals surface area contributed by atoms with Gasteiger partial charge in [-0.15, -0.1) is 0 Å². The maximum absolute atomic E-state index is 4.76. The van der Waals surface area contributed by atoms with Crippen molar-refractivity contribution in [3.05, 3.63) is 167 Å². The van der Waals surface area contributed by atoms with Gasteiger partial charge in [-0.3, -0.25) is 4.99 Å².